The first-order valence-corrected chi connectivity index (χ1v) is 5.87. The van der Waals surface area contributed by atoms with E-state index in [0.717, 1.165) is 0 Å². The molecule has 0 heterocycles. The maximum atomic E-state index is 10.8. The van der Waals surface area contributed by atoms with Gasteiger partial charge in [-0.3, -0.25) is 4.18 Å². The van der Waals surface area contributed by atoms with Gasteiger partial charge in [-0.25, -0.2) is 4.21 Å². The van der Waals surface area contributed by atoms with E-state index in [9.17, 15) is 4.21 Å². The van der Waals surface area contributed by atoms with E-state index in [-0.39, 0.29) is 5.41 Å². The molecule has 1 atom stereocenters. The first-order chi connectivity index (χ1) is 4.21. The second kappa shape index (κ2) is 3.15. The van der Waals surface area contributed by atoms with Crippen LogP contribution in [0.5, 0.6) is 0 Å². The Kier molecular flexibility index (Phi) is 3.26. The van der Waals surface area contributed by atoms with E-state index in [4.69, 9.17) is 4.18 Å². The van der Waals surface area contributed by atoms with Gasteiger partial charge in [0.25, 0.3) is 0 Å². The summed E-state index contributed by atoms with van der Waals surface area (Å²) in [5.74, 6) is 0. The summed E-state index contributed by atoms with van der Waals surface area (Å²) in [6.07, 6.45) is 1.42. The second-order valence-corrected chi connectivity index (χ2v) is 6.99. The Morgan fingerprint density at radius 1 is 1.50 bits per heavy atom. The normalized spacial score (nSPS) is 18.4. The lowest BCUT2D eigenvalue weighted by atomic mass is 9.99. The third-order valence-electron chi connectivity index (χ3n) is 0.706. The van der Waals surface area contributed by atoms with Crippen molar-refractivity contribution in [1.29, 1.82) is 0 Å². The molecular formula is C6H14O2S2. The van der Waals surface area contributed by atoms with Crippen molar-refractivity contribution in [2.24, 2.45) is 5.41 Å². The molecule has 0 aliphatic heterocycles. The molecule has 0 aliphatic carbocycles. The Balaban J connectivity index is 3.79. The van der Waals surface area contributed by atoms with Crippen LogP contribution in [0.4, 0.5) is 0 Å². The standard InChI is InChI=1S/C6H14O2S2/c1-6(2,3)5-8-10(4,7)9/h5H2,1-4H3. The Morgan fingerprint density at radius 3 is 2.00 bits per heavy atom. The van der Waals surface area contributed by atoms with Crippen molar-refractivity contribution < 1.29 is 8.39 Å². The average Bonchev–Trinajstić information content (AvgIpc) is 1.57. The van der Waals surface area contributed by atoms with Crippen LogP contribution < -0.4 is 0 Å². The van der Waals surface area contributed by atoms with E-state index in [0.29, 0.717) is 6.61 Å². The molecule has 0 aromatic rings. The van der Waals surface area contributed by atoms with Crippen LogP contribution in [0.25, 0.3) is 0 Å². The van der Waals surface area contributed by atoms with Crippen molar-refractivity contribution in [1.82, 2.24) is 0 Å². The molecule has 10 heavy (non-hydrogen) atoms. The van der Waals surface area contributed by atoms with Gasteiger partial charge in [0, 0.05) is 17.4 Å². The van der Waals surface area contributed by atoms with Gasteiger partial charge in [0.2, 0.25) is 0 Å². The van der Waals surface area contributed by atoms with Crippen LogP contribution in [0.3, 0.4) is 0 Å². The summed E-state index contributed by atoms with van der Waals surface area (Å²) in [5, 5.41) is 0. The Bertz CT molecular complexity index is 186. The van der Waals surface area contributed by atoms with Gasteiger partial charge in [-0.2, -0.15) is 0 Å². The second-order valence-electron chi connectivity index (χ2n) is 3.53. The lowest BCUT2D eigenvalue weighted by Gasteiger charge is -2.17. The topological polar surface area (TPSA) is 26.3 Å². The molecule has 0 aromatic carbocycles. The van der Waals surface area contributed by atoms with Gasteiger partial charge in [-0.05, 0) is 5.41 Å². The van der Waals surface area contributed by atoms with E-state index in [1.54, 1.807) is 0 Å². The largest absolute Gasteiger partial charge is 0.290 e. The maximum Gasteiger partial charge on any atom is 0.141 e. The van der Waals surface area contributed by atoms with E-state index in [1.807, 2.05) is 20.8 Å². The zero-order chi connectivity index (χ0) is 8.41. The molecule has 0 aromatic heterocycles. The van der Waals surface area contributed by atoms with E-state index in [1.165, 1.54) is 6.26 Å². The summed E-state index contributed by atoms with van der Waals surface area (Å²) in [6, 6.07) is 0. The van der Waals surface area contributed by atoms with Crippen LogP contribution in [0.1, 0.15) is 20.8 Å². The molecule has 0 rings (SSSR count). The van der Waals surface area contributed by atoms with Crippen molar-refractivity contribution >= 4 is 20.0 Å². The highest BCUT2D eigenvalue weighted by Crippen LogP contribution is 2.13. The summed E-state index contributed by atoms with van der Waals surface area (Å²) < 4.78 is 15.8. The molecule has 0 radical (unpaired) electrons. The molecule has 0 N–H and O–H groups in total. The van der Waals surface area contributed by atoms with Gasteiger partial charge in [-0.15, -0.1) is 0 Å². The fourth-order valence-corrected chi connectivity index (χ4v) is 0.996. The first-order valence-electron chi connectivity index (χ1n) is 3.05. The predicted molar refractivity (Wildman–Crippen MR) is 46.8 cm³/mol. The van der Waals surface area contributed by atoms with Gasteiger partial charge in [-0.1, -0.05) is 20.8 Å². The lowest BCUT2D eigenvalue weighted by Crippen LogP contribution is -2.17. The minimum Gasteiger partial charge on any atom is -0.290 e. The third-order valence-corrected chi connectivity index (χ3v) is 1.54. The zero-order valence-corrected chi connectivity index (χ0v) is 8.47. The Hall–Kier alpha value is 0.330. The van der Waals surface area contributed by atoms with Crippen molar-refractivity contribution in [2.75, 3.05) is 12.9 Å². The van der Waals surface area contributed by atoms with Gasteiger partial charge in [0.1, 0.15) is 8.77 Å². The fourth-order valence-electron chi connectivity index (χ4n) is 0.284. The Morgan fingerprint density at radius 2 is 1.90 bits per heavy atom. The molecule has 0 bridgehead atoms. The first kappa shape index (κ1) is 10.3. The molecule has 62 valence electrons. The van der Waals surface area contributed by atoms with Crippen LogP contribution in [0, 0.1) is 5.41 Å². The maximum absolute atomic E-state index is 10.8. The van der Waals surface area contributed by atoms with Crippen molar-refractivity contribution in [3.8, 4) is 0 Å². The van der Waals surface area contributed by atoms with Crippen molar-refractivity contribution in [3.63, 3.8) is 0 Å². The average molecular weight is 182 g/mol. The van der Waals surface area contributed by atoms with E-state index in [2.05, 4.69) is 11.2 Å². The summed E-state index contributed by atoms with van der Waals surface area (Å²) >= 11 is 4.56. The van der Waals surface area contributed by atoms with Crippen LogP contribution >= 0.6 is 0 Å². The molecule has 0 aliphatic rings. The summed E-state index contributed by atoms with van der Waals surface area (Å²) in [7, 11) is -2.42. The lowest BCUT2D eigenvalue weighted by molar-refractivity contribution is 0.216. The highest BCUT2D eigenvalue weighted by molar-refractivity contribution is 8.29. The summed E-state index contributed by atoms with van der Waals surface area (Å²) in [5.41, 5.74) is 0.0392. The van der Waals surface area contributed by atoms with Crippen LogP contribution in [-0.2, 0) is 24.1 Å². The highest BCUT2D eigenvalue weighted by atomic mass is 32.8. The predicted octanol–water partition coefficient (Wildman–Crippen LogP) is 1.34. The smallest absolute Gasteiger partial charge is 0.141 e. The van der Waals surface area contributed by atoms with E-state index >= 15 is 0 Å². The molecule has 0 saturated carbocycles. The summed E-state index contributed by atoms with van der Waals surface area (Å²) in [6.45, 7) is 6.47. The number of hydrogen-bond donors (Lipinski definition) is 0. The van der Waals surface area contributed by atoms with E-state index < -0.39 is 8.77 Å². The molecule has 2 nitrogen and oxygen atoms in total. The summed E-state index contributed by atoms with van der Waals surface area (Å²) in [4.78, 5) is 0. The van der Waals surface area contributed by atoms with Crippen LogP contribution in [-0.4, -0.2) is 17.1 Å². The highest BCUT2D eigenvalue weighted by Gasteiger charge is 2.12. The third kappa shape index (κ3) is 8.33. The molecule has 4 heteroatoms. The molecule has 0 fully saturated rings. The zero-order valence-electron chi connectivity index (χ0n) is 6.84. The molecule has 0 spiro atoms. The van der Waals surface area contributed by atoms with Crippen LogP contribution in [0.2, 0.25) is 0 Å². The minimum atomic E-state index is -2.42. The van der Waals surface area contributed by atoms with Gasteiger partial charge >= 0.3 is 0 Å². The van der Waals surface area contributed by atoms with Crippen LogP contribution in [0.15, 0.2) is 0 Å². The van der Waals surface area contributed by atoms with Gasteiger partial charge < -0.3 is 0 Å². The van der Waals surface area contributed by atoms with Crippen molar-refractivity contribution in [3.05, 3.63) is 0 Å². The molecule has 0 saturated heterocycles. The number of hydrogen-bond acceptors (Lipinski definition) is 3. The molecule has 1 unspecified atom stereocenters. The fraction of sp³-hybridized carbons (Fsp3) is 1.00. The van der Waals surface area contributed by atoms with Gasteiger partial charge in [0.15, 0.2) is 0 Å². The van der Waals surface area contributed by atoms with Gasteiger partial charge in [0.05, 0.1) is 6.61 Å². The number of rotatable bonds is 2. The quantitative estimate of drug-likeness (QED) is 0.644. The molecular weight excluding hydrogens is 168 g/mol. The SMILES string of the molecule is CC(C)(C)COS(C)(=O)=S. The van der Waals surface area contributed by atoms with Crippen molar-refractivity contribution in [2.45, 2.75) is 20.8 Å². The monoisotopic (exact) mass is 182 g/mol. The Labute approximate surface area is 67.8 Å². The minimum absolute atomic E-state index is 0.0392. The molecule has 0 amide bonds.